The number of aryl methyl sites for hydroxylation is 1. The first kappa shape index (κ1) is 20.5. The quantitative estimate of drug-likeness (QED) is 0.543. The molecule has 6 nitrogen and oxygen atoms in total. The van der Waals surface area contributed by atoms with Crippen LogP contribution in [-0.2, 0) is 27.3 Å². The van der Waals surface area contributed by atoms with E-state index in [2.05, 4.69) is 4.98 Å². The highest BCUT2D eigenvalue weighted by atomic mass is 16.5. The molecule has 0 aliphatic heterocycles. The summed E-state index contributed by atoms with van der Waals surface area (Å²) in [5, 5.41) is 0.836. The van der Waals surface area contributed by atoms with Gasteiger partial charge in [0.05, 0.1) is 13.2 Å². The van der Waals surface area contributed by atoms with E-state index < -0.39 is 5.97 Å². The third kappa shape index (κ3) is 5.16. The zero-order valence-corrected chi connectivity index (χ0v) is 16.7. The van der Waals surface area contributed by atoms with Crippen LogP contribution in [0.2, 0.25) is 0 Å². The zero-order valence-electron chi connectivity index (χ0n) is 16.7. The molecule has 1 aromatic heterocycles. The molecule has 29 heavy (non-hydrogen) atoms. The standard InChI is InChI=1S/C23H25NO5/c1-3-27-21(25)13-11-18-19-14-17(29-15-16-8-6-5-7-9-16)10-12-20(19)24-22(18)23(26)28-4-2/h5-10,12,14,24H,3-4,11,13,15H2,1-2H3. The number of benzene rings is 2. The smallest absolute Gasteiger partial charge is 0.355 e. The van der Waals surface area contributed by atoms with Crippen molar-refractivity contribution >= 4 is 22.8 Å². The Hall–Kier alpha value is -3.28. The van der Waals surface area contributed by atoms with Crippen LogP contribution in [0.1, 0.15) is 41.9 Å². The molecule has 152 valence electrons. The molecule has 0 radical (unpaired) electrons. The van der Waals surface area contributed by atoms with Crippen molar-refractivity contribution in [2.24, 2.45) is 0 Å². The molecule has 2 aromatic carbocycles. The molecule has 0 aliphatic rings. The van der Waals surface area contributed by atoms with E-state index in [-0.39, 0.29) is 19.0 Å². The SMILES string of the molecule is CCOC(=O)CCc1c(C(=O)OCC)[nH]c2ccc(OCc3ccccc3)cc12. The molecule has 1 N–H and O–H groups in total. The van der Waals surface area contributed by atoms with Gasteiger partial charge >= 0.3 is 11.9 Å². The molecule has 6 heteroatoms. The number of aromatic amines is 1. The van der Waals surface area contributed by atoms with E-state index in [1.54, 1.807) is 13.8 Å². The summed E-state index contributed by atoms with van der Waals surface area (Å²) in [5.41, 5.74) is 2.96. The number of H-pyrrole nitrogens is 1. The summed E-state index contributed by atoms with van der Waals surface area (Å²) >= 11 is 0. The second kappa shape index (κ2) is 9.78. The Morgan fingerprint density at radius 1 is 0.966 bits per heavy atom. The molecule has 0 bridgehead atoms. The number of rotatable bonds is 9. The lowest BCUT2D eigenvalue weighted by Gasteiger charge is -2.08. The highest BCUT2D eigenvalue weighted by molar-refractivity contribution is 5.99. The predicted octanol–water partition coefficient (Wildman–Crippen LogP) is 4.42. The lowest BCUT2D eigenvalue weighted by Crippen LogP contribution is -2.10. The van der Waals surface area contributed by atoms with Gasteiger partial charge in [-0.05, 0) is 49.6 Å². The van der Waals surface area contributed by atoms with Crippen molar-refractivity contribution in [1.82, 2.24) is 4.98 Å². The summed E-state index contributed by atoms with van der Waals surface area (Å²) in [6.45, 7) is 4.57. The van der Waals surface area contributed by atoms with Crippen LogP contribution in [0.4, 0.5) is 0 Å². The van der Waals surface area contributed by atoms with Gasteiger partial charge in [0.2, 0.25) is 0 Å². The summed E-state index contributed by atoms with van der Waals surface area (Å²) in [7, 11) is 0. The molecule has 0 atom stereocenters. The maximum absolute atomic E-state index is 12.4. The minimum Gasteiger partial charge on any atom is -0.489 e. The number of esters is 2. The minimum atomic E-state index is -0.436. The molecule has 0 saturated heterocycles. The molecule has 3 aromatic rings. The topological polar surface area (TPSA) is 77.6 Å². The van der Waals surface area contributed by atoms with Crippen LogP contribution in [0, 0.1) is 0 Å². The average Bonchev–Trinajstić information content (AvgIpc) is 3.10. The number of nitrogens with one attached hydrogen (secondary N) is 1. The number of fused-ring (bicyclic) bond motifs is 1. The third-order valence-electron chi connectivity index (χ3n) is 4.49. The van der Waals surface area contributed by atoms with Crippen LogP contribution in [0.5, 0.6) is 5.75 Å². The minimum absolute atomic E-state index is 0.183. The summed E-state index contributed by atoms with van der Waals surface area (Å²) in [4.78, 5) is 27.4. The van der Waals surface area contributed by atoms with Crippen molar-refractivity contribution in [3.63, 3.8) is 0 Å². The van der Waals surface area contributed by atoms with Gasteiger partial charge in [-0.1, -0.05) is 30.3 Å². The normalized spacial score (nSPS) is 10.7. The Morgan fingerprint density at radius 2 is 1.72 bits per heavy atom. The average molecular weight is 395 g/mol. The van der Waals surface area contributed by atoms with E-state index >= 15 is 0 Å². The van der Waals surface area contributed by atoms with Gasteiger partial charge in [0.1, 0.15) is 18.1 Å². The van der Waals surface area contributed by atoms with E-state index in [9.17, 15) is 9.59 Å². The van der Waals surface area contributed by atoms with Crippen LogP contribution in [0.15, 0.2) is 48.5 Å². The van der Waals surface area contributed by atoms with E-state index in [0.717, 1.165) is 22.0 Å². The lowest BCUT2D eigenvalue weighted by molar-refractivity contribution is -0.143. The second-order valence-electron chi connectivity index (χ2n) is 6.49. The van der Waals surface area contributed by atoms with Crippen LogP contribution in [0.3, 0.4) is 0 Å². The van der Waals surface area contributed by atoms with Crippen molar-refractivity contribution in [2.75, 3.05) is 13.2 Å². The monoisotopic (exact) mass is 395 g/mol. The molecule has 0 saturated carbocycles. The first-order valence-corrected chi connectivity index (χ1v) is 9.76. The van der Waals surface area contributed by atoms with Crippen molar-refractivity contribution < 1.29 is 23.8 Å². The third-order valence-corrected chi connectivity index (χ3v) is 4.49. The molecule has 0 aliphatic carbocycles. The molecule has 0 unspecified atom stereocenters. The van der Waals surface area contributed by atoms with E-state index in [1.165, 1.54) is 0 Å². The molecule has 0 spiro atoms. The van der Waals surface area contributed by atoms with Gasteiger partial charge in [-0.3, -0.25) is 4.79 Å². The number of carbonyl (C=O) groups is 2. The zero-order chi connectivity index (χ0) is 20.6. The Balaban J connectivity index is 1.88. The van der Waals surface area contributed by atoms with Crippen LogP contribution >= 0.6 is 0 Å². The fourth-order valence-corrected chi connectivity index (χ4v) is 3.15. The van der Waals surface area contributed by atoms with Crippen molar-refractivity contribution in [1.29, 1.82) is 0 Å². The van der Waals surface area contributed by atoms with Crippen LogP contribution < -0.4 is 4.74 Å². The Labute approximate surface area is 169 Å². The van der Waals surface area contributed by atoms with E-state index in [4.69, 9.17) is 14.2 Å². The van der Waals surface area contributed by atoms with Crippen molar-refractivity contribution in [3.8, 4) is 5.75 Å². The van der Waals surface area contributed by atoms with E-state index in [1.807, 2.05) is 48.5 Å². The fraction of sp³-hybridized carbons (Fsp3) is 0.304. The molecule has 0 fully saturated rings. The van der Waals surface area contributed by atoms with Gasteiger partial charge < -0.3 is 19.2 Å². The molecular formula is C23H25NO5. The molecule has 3 rings (SSSR count). The predicted molar refractivity (Wildman–Crippen MR) is 110 cm³/mol. The first-order chi connectivity index (χ1) is 14.1. The highest BCUT2D eigenvalue weighted by Crippen LogP contribution is 2.29. The van der Waals surface area contributed by atoms with Gasteiger partial charge in [0.25, 0.3) is 0 Å². The van der Waals surface area contributed by atoms with Gasteiger partial charge in [-0.15, -0.1) is 0 Å². The Bertz CT molecular complexity index is 978. The summed E-state index contributed by atoms with van der Waals surface area (Å²) in [5.74, 6) is -0.0457. The van der Waals surface area contributed by atoms with Gasteiger partial charge in [0, 0.05) is 17.3 Å². The number of ether oxygens (including phenoxy) is 3. The molecule has 1 heterocycles. The second-order valence-corrected chi connectivity index (χ2v) is 6.49. The van der Waals surface area contributed by atoms with Crippen LogP contribution in [0.25, 0.3) is 10.9 Å². The van der Waals surface area contributed by atoms with Crippen LogP contribution in [-0.4, -0.2) is 30.1 Å². The Kier molecular flexibility index (Phi) is 6.89. The number of aromatic nitrogens is 1. The Morgan fingerprint density at radius 3 is 2.45 bits per heavy atom. The number of hydrogen-bond donors (Lipinski definition) is 1. The summed E-state index contributed by atoms with van der Waals surface area (Å²) in [6.07, 6.45) is 0.553. The van der Waals surface area contributed by atoms with Gasteiger partial charge in [-0.2, -0.15) is 0 Å². The highest BCUT2D eigenvalue weighted by Gasteiger charge is 2.20. The fourth-order valence-electron chi connectivity index (χ4n) is 3.15. The van der Waals surface area contributed by atoms with Gasteiger partial charge in [0.15, 0.2) is 0 Å². The summed E-state index contributed by atoms with van der Waals surface area (Å²) < 4.78 is 16.1. The molecule has 0 amide bonds. The van der Waals surface area contributed by atoms with Gasteiger partial charge in [-0.25, -0.2) is 4.79 Å². The van der Waals surface area contributed by atoms with Crippen molar-refractivity contribution in [3.05, 3.63) is 65.4 Å². The number of hydrogen-bond acceptors (Lipinski definition) is 5. The first-order valence-electron chi connectivity index (χ1n) is 9.76. The van der Waals surface area contributed by atoms with E-state index in [0.29, 0.717) is 31.1 Å². The maximum Gasteiger partial charge on any atom is 0.355 e. The summed E-state index contributed by atoms with van der Waals surface area (Å²) in [6, 6.07) is 15.5. The number of carbonyl (C=O) groups excluding carboxylic acids is 2. The largest absolute Gasteiger partial charge is 0.489 e. The molecular weight excluding hydrogens is 370 g/mol. The van der Waals surface area contributed by atoms with Crippen molar-refractivity contribution in [2.45, 2.75) is 33.3 Å². The lowest BCUT2D eigenvalue weighted by atomic mass is 10.0. The maximum atomic E-state index is 12.4.